The van der Waals surface area contributed by atoms with Gasteiger partial charge in [-0.15, -0.1) is 0 Å². The number of nitrogens with zero attached hydrogens (tertiary/aromatic N) is 1. The number of nitrogens with one attached hydrogen (secondary N) is 1. The van der Waals surface area contributed by atoms with E-state index in [0.29, 0.717) is 16.6 Å². The normalized spacial score (nSPS) is 12.8. The van der Waals surface area contributed by atoms with Crippen molar-refractivity contribution in [2.75, 3.05) is 12.4 Å². The molecular weight excluding hydrogens is 204 g/mol. The van der Waals surface area contributed by atoms with Gasteiger partial charge in [-0.2, -0.15) is 0 Å². The molecule has 0 saturated heterocycles. The molecular formula is C8H12N2O3S. The lowest BCUT2D eigenvalue weighted by atomic mass is 10.4. The van der Waals surface area contributed by atoms with Gasteiger partial charge in [-0.3, -0.25) is 4.79 Å². The lowest BCUT2D eigenvalue weighted by Gasteiger charge is -2.05. The maximum Gasteiger partial charge on any atom is 0.251 e. The van der Waals surface area contributed by atoms with E-state index < -0.39 is 6.10 Å². The number of aromatic nitrogens is 2. The van der Waals surface area contributed by atoms with Gasteiger partial charge in [-0.05, 0) is 6.92 Å². The Hall–Kier alpha value is -0.850. The molecule has 0 aliphatic heterocycles. The van der Waals surface area contributed by atoms with Crippen molar-refractivity contribution < 1.29 is 10.2 Å². The molecule has 0 amide bonds. The second-order valence-corrected chi connectivity index (χ2v) is 3.85. The zero-order valence-corrected chi connectivity index (χ0v) is 8.54. The first-order valence-corrected chi connectivity index (χ1v) is 5.10. The van der Waals surface area contributed by atoms with E-state index in [1.807, 2.05) is 0 Å². The predicted molar refractivity (Wildman–Crippen MR) is 53.4 cm³/mol. The minimum atomic E-state index is -0.786. The third kappa shape index (κ3) is 3.49. The highest BCUT2D eigenvalue weighted by atomic mass is 32.2. The average Bonchev–Trinajstić information content (AvgIpc) is 2.12. The van der Waals surface area contributed by atoms with Crippen LogP contribution < -0.4 is 5.56 Å². The Balaban J connectivity index is 2.63. The number of thioether (sulfide) groups is 1. The molecule has 3 N–H and O–H groups in total. The molecule has 1 atom stereocenters. The van der Waals surface area contributed by atoms with E-state index in [4.69, 9.17) is 10.2 Å². The summed E-state index contributed by atoms with van der Waals surface area (Å²) in [5.41, 5.74) is 0.424. The van der Waals surface area contributed by atoms with Crippen LogP contribution in [0.15, 0.2) is 16.0 Å². The fraction of sp³-hybridized carbons (Fsp3) is 0.500. The second-order valence-electron chi connectivity index (χ2n) is 2.84. The average molecular weight is 216 g/mol. The highest BCUT2D eigenvalue weighted by molar-refractivity contribution is 7.99. The summed E-state index contributed by atoms with van der Waals surface area (Å²) in [6.45, 7) is 1.44. The van der Waals surface area contributed by atoms with Crippen molar-refractivity contribution in [3.63, 3.8) is 0 Å². The van der Waals surface area contributed by atoms with Gasteiger partial charge in [0.1, 0.15) is 0 Å². The van der Waals surface area contributed by atoms with E-state index in [-0.39, 0.29) is 12.2 Å². The van der Waals surface area contributed by atoms with Crippen LogP contribution in [0.2, 0.25) is 0 Å². The van der Waals surface area contributed by atoms with E-state index in [1.54, 1.807) is 6.92 Å². The topological polar surface area (TPSA) is 86.2 Å². The van der Waals surface area contributed by atoms with Gasteiger partial charge in [-0.1, -0.05) is 11.8 Å². The maximum atomic E-state index is 11.0. The Bertz CT molecular complexity index is 353. The molecule has 1 rings (SSSR count). The second kappa shape index (κ2) is 5.14. The molecule has 0 aliphatic carbocycles. The summed E-state index contributed by atoms with van der Waals surface area (Å²) in [7, 11) is 0. The fourth-order valence-electron chi connectivity index (χ4n) is 0.848. The molecule has 5 nitrogen and oxygen atoms in total. The highest BCUT2D eigenvalue weighted by Crippen LogP contribution is 2.11. The lowest BCUT2D eigenvalue weighted by molar-refractivity contribution is 0.113. The minimum absolute atomic E-state index is 0.210. The van der Waals surface area contributed by atoms with Crippen LogP contribution in [0.1, 0.15) is 5.69 Å². The van der Waals surface area contributed by atoms with Crippen LogP contribution in [0.3, 0.4) is 0 Å². The Morgan fingerprint density at radius 3 is 3.00 bits per heavy atom. The Morgan fingerprint density at radius 1 is 1.71 bits per heavy atom. The molecule has 0 fully saturated rings. The molecule has 0 bridgehead atoms. The van der Waals surface area contributed by atoms with Crippen LogP contribution in [0.4, 0.5) is 0 Å². The van der Waals surface area contributed by atoms with Crippen molar-refractivity contribution in [3.05, 3.63) is 22.1 Å². The lowest BCUT2D eigenvalue weighted by Crippen LogP contribution is -2.16. The van der Waals surface area contributed by atoms with Crippen molar-refractivity contribution in [1.82, 2.24) is 9.97 Å². The largest absolute Gasteiger partial charge is 0.394 e. The van der Waals surface area contributed by atoms with Gasteiger partial charge in [0.15, 0.2) is 5.16 Å². The molecule has 6 heteroatoms. The van der Waals surface area contributed by atoms with Gasteiger partial charge in [0.05, 0.1) is 12.7 Å². The fourth-order valence-corrected chi connectivity index (χ4v) is 1.68. The summed E-state index contributed by atoms with van der Waals surface area (Å²) in [6, 6.07) is 1.40. The van der Waals surface area contributed by atoms with Crippen molar-refractivity contribution in [1.29, 1.82) is 0 Å². The van der Waals surface area contributed by atoms with Crippen LogP contribution in [-0.2, 0) is 0 Å². The first-order chi connectivity index (χ1) is 6.61. The summed E-state index contributed by atoms with van der Waals surface area (Å²) in [5.74, 6) is 0.308. The van der Waals surface area contributed by atoms with Crippen LogP contribution >= 0.6 is 11.8 Å². The zero-order chi connectivity index (χ0) is 10.6. The summed E-state index contributed by atoms with van der Waals surface area (Å²) in [6.07, 6.45) is -0.786. The molecule has 0 spiro atoms. The SMILES string of the molecule is Cc1cc(=O)[nH]c(SC[C@H](O)CO)n1. The number of H-pyrrole nitrogens is 1. The Morgan fingerprint density at radius 2 is 2.43 bits per heavy atom. The first-order valence-electron chi connectivity index (χ1n) is 4.11. The van der Waals surface area contributed by atoms with Crippen LogP contribution in [0, 0.1) is 6.92 Å². The van der Waals surface area contributed by atoms with Crippen LogP contribution in [0.25, 0.3) is 0 Å². The number of hydrogen-bond acceptors (Lipinski definition) is 5. The van der Waals surface area contributed by atoms with E-state index in [2.05, 4.69) is 9.97 Å². The standard InChI is InChI=1S/C8H12N2O3S/c1-5-2-7(13)10-8(9-5)14-4-6(12)3-11/h2,6,11-12H,3-4H2,1H3,(H,9,10,13)/t6-/m1/s1. The summed E-state index contributed by atoms with van der Waals surface area (Å²) < 4.78 is 0. The molecule has 14 heavy (non-hydrogen) atoms. The molecule has 0 aromatic carbocycles. The first kappa shape index (κ1) is 11.2. The number of rotatable bonds is 4. The molecule has 1 heterocycles. The number of aliphatic hydroxyl groups excluding tert-OH is 2. The smallest absolute Gasteiger partial charge is 0.251 e. The zero-order valence-electron chi connectivity index (χ0n) is 7.73. The van der Waals surface area contributed by atoms with Crippen molar-refractivity contribution in [2.24, 2.45) is 0 Å². The van der Waals surface area contributed by atoms with E-state index in [9.17, 15) is 4.79 Å². The maximum absolute atomic E-state index is 11.0. The number of aliphatic hydroxyl groups is 2. The molecule has 1 aromatic heterocycles. The van der Waals surface area contributed by atoms with E-state index in [1.165, 1.54) is 17.8 Å². The van der Waals surface area contributed by atoms with E-state index >= 15 is 0 Å². The molecule has 0 unspecified atom stereocenters. The Kier molecular flexibility index (Phi) is 4.12. The number of aromatic amines is 1. The van der Waals surface area contributed by atoms with Crippen molar-refractivity contribution in [3.8, 4) is 0 Å². The highest BCUT2D eigenvalue weighted by Gasteiger charge is 2.04. The Labute approximate surface area is 85.2 Å². The molecule has 78 valence electrons. The van der Waals surface area contributed by atoms with Gasteiger partial charge in [0.2, 0.25) is 0 Å². The van der Waals surface area contributed by atoms with Crippen LogP contribution in [0.5, 0.6) is 0 Å². The quantitative estimate of drug-likeness (QED) is 0.467. The molecule has 0 saturated carbocycles. The van der Waals surface area contributed by atoms with Gasteiger partial charge >= 0.3 is 0 Å². The third-order valence-electron chi connectivity index (χ3n) is 1.47. The number of aryl methyl sites for hydroxylation is 1. The van der Waals surface area contributed by atoms with Gasteiger partial charge in [-0.25, -0.2) is 4.98 Å². The van der Waals surface area contributed by atoms with Gasteiger partial charge in [0, 0.05) is 17.5 Å². The molecule has 0 aliphatic rings. The van der Waals surface area contributed by atoms with Crippen LogP contribution in [-0.4, -0.2) is 38.6 Å². The predicted octanol–water partition coefficient (Wildman–Crippen LogP) is -0.476. The summed E-state index contributed by atoms with van der Waals surface area (Å²) in [4.78, 5) is 17.6. The monoisotopic (exact) mass is 216 g/mol. The third-order valence-corrected chi connectivity index (χ3v) is 2.49. The molecule has 0 radical (unpaired) electrons. The minimum Gasteiger partial charge on any atom is -0.394 e. The number of hydrogen-bond donors (Lipinski definition) is 3. The van der Waals surface area contributed by atoms with Gasteiger partial charge < -0.3 is 15.2 Å². The molecule has 1 aromatic rings. The summed E-state index contributed by atoms with van der Waals surface area (Å²) >= 11 is 1.20. The summed E-state index contributed by atoms with van der Waals surface area (Å²) in [5, 5.41) is 18.1. The van der Waals surface area contributed by atoms with E-state index in [0.717, 1.165) is 0 Å². The van der Waals surface area contributed by atoms with Crippen molar-refractivity contribution in [2.45, 2.75) is 18.2 Å². The van der Waals surface area contributed by atoms with Gasteiger partial charge in [0.25, 0.3) is 5.56 Å². The van der Waals surface area contributed by atoms with Crippen molar-refractivity contribution >= 4 is 11.8 Å².